The predicted molar refractivity (Wildman–Crippen MR) is 48.0 cm³/mol. The zero-order valence-corrected chi connectivity index (χ0v) is 7.43. The molecule has 1 aliphatic heterocycles. The average molecular weight is 214 g/mol. The van der Waals surface area contributed by atoms with E-state index in [1.807, 2.05) is 12.3 Å². The molecule has 1 unspecified atom stereocenters. The van der Waals surface area contributed by atoms with E-state index in [2.05, 4.69) is 26.5 Å². The standard InChI is InChI=1S/C7H8BrN3/c8-6-2-5(9)1-4-3-10-11-7(4)6/h2-4,11H,1,9H2. The molecular weight excluding hydrogens is 206 g/mol. The Bertz CT molecular complexity index is 277. The summed E-state index contributed by atoms with van der Waals surface area (Å²) in [6, 6.07) is 0. The Hall–Kier alpha value is -0.770. The van der Waals surface area contributed by atoms with Gasteiger partial charge in [0.25, 0.3) is 0 Å². The Morgan fingerprint density at radius 3 is 3.36 bits per heavy atom. The second-order valence-electron chi connectivity index (χ2n) is 2.68. The maximum Gasteiger partial charge on any atom is 0.0567 e. The number of nitrogens with zero attached hydrogens (tertiary/aromatic N) is 1. The van der Waals surface area contributed by atoms with Gasteiger partial charge in [0.15, 0.2) is 0 Å². The van der Waals surface area contributed by atoms with E-state index in [1.54, 1.807) is 0 Å². The van der Waals surface area contributed by atoms with Crippen LogP contribution in [-0.2, 0) is 0 Å². The first kappa shape index (κ1) is 6.91. The molecule has 2 aliphatic rings. The van der Waals surface area contributed by atoms with Gasteiger partial charge >= 0.3 is 0 Å². The summed E-state index contributed by atoms with van der Waals surface area (Å²) in [5.41, 5.74) is 10.6. The maximum atomic E-state index is 5.69. The molecule has 4 heteroatoms. The lowest BCUT2D eigenvalue weighted by atomic mass is 9.97. The zero-order chi connectivity index (χ0) is 7.84. The number of hydrazone groups is 1. The lowest BCUT2D eigenvalue weighted by Gasteiger charge is -2.16. The van der Waals surface area contributed by atoms with Crippen LogP contribution in [0.5, 0.6) is 0 Å². The summed E-state index contributed by atoms with van der Waals surface area (Å²) < 4.78 is 1.02. The molecule has 1 atom stereocenters. The van der Waals surface area contributed by atoms with Crippen molar-refractivity contribution < 1.29 is 0 Å². The molecule has 1 heterocycles. The number of nitrogens with two attached hydrogens (primary N) is 1. The van der Waals surface area contributed by atoms with Crippen molar-refractivity contribution in [2.45, 2.75) is 6.42 Å². The molecule has 0 aromatic rings. The van der Waals surface area contributed by atoms with E-state index in [0.717, 1.165) is 22.3 Å². The van der Waals surface area contributed by atoms with Crippen molar-refractivity contribution in [2.24, 2.45) is 16.8 Å². The molecule has 2 rings (SSSR count). The van der Waals surface area contributed by atoms with E-state index < -0.39 is 0 Å². The molecule has 3 nitrogen and oxygen atoms in total. The molecule has 1 aliphatic carbocycles. The van der Waals surface area contributed by atoms with Gasteiger partial charge in [0.2, 0.25) is 0 Å². The highest BCUT2D eigenvalue weighted by Crippen LogP contribution is 2.30. The molecule has 0 saturated carbocycles. The van der Waals surface area contributed by atoms with Crippen LogP contribution >= 0.6 is 15.9 Å². The van der Waals surface area contributed by atoms with Gasteiger partial charge in [-0.1, -0.05) is 0 Å². The number of nitrogens with one attached hydrogen (secondary N) is 1. The largest absolute Gasteiger partial charge is 0.402 e. The van der Waals surface area contributed by atoms with Gasteiger partial charge in [-0.2, -0.15) is 5.10 Å². The van der Waals surface area contributed by atoms with Crippen molar-refractivity contribution in [1.82, 2.24) is 5.43 Å². The summed E-state index contributed by atoms with van der Waals surface area (Å²) in [6.45, 7) is 0. The number of hydrogen-bond donors (Lipinski definition) is 2. The van der Waals surface area contributed by atoms with Crippen molar-refractivity contribution in [3.63, 3.8) is 0 Å². The van der Waals surface area contributed by atoms with Crippen molar-refractivity contribution in [3.8, 4) is 0 Å². The summed E-state index contributed by atoms with van der Waals surface area (Å²) in [5.74, 6) is 0.356. The van der Waals surface area contributed by atoms with Crippen molar-refractivity contribution in [3.05, 3.63) is 22.0 Å². The predicted octanol–water partition coefficient (Wildman–Crippen LogP) is 1.04. The fourth-order valence-electron chi connectivity index (χ4n) is 1.29. The first-order chi connectivity index (χ1) is 5.27. The third-order valence-electron chi connectivity index (χ3n) is 1.84. The smallest absolute Gasteiger partial charge is 0.0567 e. The third-order valence-corrected chi connectivity index (χ3v) is 2.49. The highest BCUT2D eigenvalue weighted by atomic mass is 79.9. The monoisotopic (exact) mass is 213 g/mol. The normalized spacial score (nSPS) is 28.1. The molecule has 58 valence electrons. The molecule has 0 aromatic carbocycles. The number of halogens is 1. The van der Waals surface area contributed by atoms with Gasteiger partial charge in [0.05, 0.1) is 5.70 Å². The number of rotatable bonds is 0. The minimum absolute atomic E-state index is 0.356. The molecular formula is C7H8BrN3. The van der Waals surface area contributed by atoms with Gasteiger partial charge < -0.3 is 5.73 Å². The van der Waals surface area contributed by atoms with Crippen LogP contribution < -0.4 is 11.2 Å². The number of fused-ring (bicyclic) bond motifs is 1. The van der Waals surface area contributed by atoms with Crippen LogP contribution in [-0.4, -0.2) is 6.21 Å². The SMILES string of the molecule is NC1=CC(Br)=C2NN=CC2C1. The van der Waals surface area contributed by atoms with E-state index >= 15 is 0 Å². The molecule has 0 amide bonds. The summed E-state index contributed by atoms with van der Waals surface area (Å²) in [4.78, 5) is 0. The Morgan fingerprint density at radius 1 is 1.73 bits per heavy atom. The minimum atomic E-state index is 0.356. The Morgan fingerprint density at radius 2 is 2.55 bits per heavy atom. The fourth-order valence-corrected chi connectivity index (χ4v) is 1.97. The van der Waals surface area contributed by atoms with Gasteiger partial charge in [-0.3, -0.25) is 5.43 Å². The molecule has 0 spiro atoms. The topological polar surface area (TPSA) is 50.4 Å². The summed E-state index contributed by atoms with van der Waals surface area (Å²) in [6.07, 6.45) is 4.69. The highest BCUT2D eigenvalue weighted by molar-refractivity contribution is 9.11. The summed E-state index contributed by atoms with van der Waals surface area (Å²) in [5, 5.41) is 3.96. The Labute approximate surface area is 73.2 Å². The molecule has 11 heavy (non-hydrogen) atoms. The van der Waals surface area contributed by atoms with Crippen LogP contribution in [0.15, 0.2) is 27.1 Å². The molecule has 0 bridgehead atoms. The van der Waals surface area contributed by atoms with Gasteiger partial charge in [-0.25, -0.2) is 0 Å². The van der Waals surface area contributed by atoms with Crippen LogP contribution in [0.1, 0.15) is 6.42 Å². The zero-order valence-electron chi connectivity index (χ0n) is 5.84. The Balaban J connectivity index is 2.39. The van der Waals surface area contributed by atoms with Crippen LogP contribution in [0.25, 0.3) is 0 Å². The van der Waals surface area contributed by atoms with Crippen LogP contribution in [0.4, 0.5) is 0 Å². The molecule has 0 radical (unpaired) electrons. The van der Waals surface area contributed by atoms with E-state index in [4.69, 9.17) is 5.73 Å². The van der Waals surface area contributed by atoms with E-state index in [0.29, 0.717) is 5.92 Å². The number of allylic oxidation sites excluding steroid dienone is 4. The summed E-state index contributed by atoms with van der Waals surface area (Å²) >= 11 is 3.42. The number of hydrogen-bond acceptors (Lipinski definition) is 3. The van der Waals surface area contributed by atoms with Gasteiger partial charge in [-0.05, 0) is 22.0 Å². The lowest BCUT2D eigenvalue weighted by molar-refractivity contribution is 0.739. The van der Waals surface area contributed by atoms with Crippen molar-refractivity contribution in [1.29, 1.82) is 0 Å². The highest BCUT2D eigenvalue weighted by Gasteiger charge is 2.23. The van der Waals surface area contributed by atoms with Crippen molar-refractivity contribution in [2.75, 3.05) is 0 Å². The molecule has 0 fully saturated rings. The summed E-state index contributed by atoms with van der Waals surface area (Å²) in [7, 11) is 0. The molecule has 0 aromatic heterocycles. The third kappa shape index (κ3) is 1.07. The second-order valence-corrected chi connectivity index (χ2v) is 3.54. The quantitative estimate of drug-likeness (QED) is 0.633. The first-order valence-electron chi connectivity index (χ1n) is 3.42. The van der Waals surface area contributed by atoms with Gasteiger partial charge in [0, 0.05) is 28.7 Å². The van der Waals surface area contributed by atoms with Crippen molar-refractivity contribution >= 4 is 22.1 Å². The lowest BCUT2D eigenvalue weighted by Crippen LogP contribution is -2.16. The minimum Gasteiger partial charge on any atom is -0.402 e. The Kier molecular flexibility index (Phi) is 1.49. The van der Waals surface area contributed by atoms with Gasteiger partial charge in [0.1, 0.15) is 0 Å². The van der Waals surface area contributed by atoms with Crippen LogP contribution in [0.3, 0.4) is 0 Å². The maximum absolute atomic E-state index is 5.69. The average Bonchev–Trinajstić information content (AvgIpc) is 2.34. The van der Waals surface area contributed by atoms with Crippen LogP contribution in [0, 0.1) is 5.92 Å². The molecule has 0 saturated heterocycles. The van der Waals surface area contributed by atoms with E-state index in [9.17, 15) is 0 Å². The molecule has 3 N–H and O–H groups in total. The van der Waals surface area contributed by atoms with Gasteiger partial charge in [-0.15, -0.1) is 0 Å². The van der Waals surface area contributed by atoms with E-state index in [-0.39, 0.29) is 0 Å². The van der Waals surface area contributed by atoms with Crippen LogP contribution in [0.2, 0.25) is 0 Å². The first-order valence-corrected chi connectivity index (χ1v) is 4.21. The van der Waals surface area contributed by atoms with E-state index in [1.165, 1.54) is 0 Å². The fraction of sp³-hybridized carbons (Fsp3) is 0.286. The second kappa shape index (κ2) is 2.37.